The van der Waals surface area contributed by atoms with Gasteiger partial charge in [0.2, 0.25) is 0 Å². The molecule has 1 aromatic rings. The predicted octanol–water partition coefficient (Wildman–Crippen LogP) is 3.09. The van der Waals surface area contributed by atoms with Crippen molar-refractivity contribution in [3.63, 3.8) is 0 Å². The summed E-state index contributed by atoms with van der Waals surface area (Å²) in [5.41, 5.74) is 0.608. The molecule has 72 valence electrons. The van der Waals surface area contributed by atoms with Gasteiger partial charge in [-0.2, -0.15) is 5.26 Å². The first-order valence-corrected chi connectivity index (χ1v) is 4.80. The molecule has 0 amide bonds. The van der Waals surface area contributed by atoms with Crippen LogP contribution in [0.5, 0.6) is 0 Å². The van der Waals surface area contributed by atoms with Crippen molar-refractivity contribution in [1.82, 2.24) is 0 Å². The molecule has 0 aliphatic heterocycles. The van der Waals surface area contributed by atoms with Gasteiger partial charge >= 0.3 is 0 Å². The van der Waals surface area contributed by atoms with Crippen LogP contribution in [0.1, 0.15) is 24.0 Å². The molecule has 0 bridgehead atoms. The van der Waals surface area contributed by atoms with Gasteiger partial charge in [0.25, 0.3) is 0 Å². The van der Waals surface area contributed by atoms with Crippen LogP contribution in [0.15, 0.2) is 24.3 Å². The van der Waals surface area contributed by atoms with Crippen molar-refractivity contribution in [1.29, 1.82) is 5.26 Å². The van der Waals surface area contributed by atoms with Crippen molar-refractivity contribution >= 4 is 0 Å². The van der Waals surface area contributed by atoms with Gasteiger partial charge in [-0.15, -0.1) is 0 Å². The lowest BCUT2D eigenvalue weighted by atomic mass is 9.69. The minimum absolute atomic E-state index is 0.0960. The van der Waals surface area contributed by atoms with Gasteiger partial charge < -0.3 is 0 Å². The standard InChI is InChI=1S/C12H12FN/c1-9-2-4-11(5-3-9)12(13)6-10(7-12)8-14/h2-5,10H,6-7H2,1H3. The highest BCUT2D eigenvalue weighted by Crippen LogP contribution is 2.48. The quantitative estimate of drug-likeness (QED) is 0.666. The Kier molecular flexibility index (Phi) is 2.03. The maximum Gasteiger partial charge on any atom is 0.138 e. The molecule has 1 aliphatic rings. The number of aryl methyl sites for hydroxylation is 1. The van der Waals surface area contributed by atoms with Crippen LogP contribution in [0.25, 0.3) is 0 Å². The molecule has 0 saturated heterocycles. The normalized spacial score (nSPS) is 30.5. The van der Waals surface area contributed by atoms with Crippen molar-refractivity contribution in [3.05, 3.63) is 35.4 Å². The summed E-state index contributed by atoms with van der Waals surface area (Å²) in [6.45, 7) is 1.98. The van der Waals surface area contributed by atoms with Gasteiger partial charge in [0, 0.05) is 12.8 Å². The Morgan fingerprint density at radius 2 is 1.93 bits per heavy atom. The van der Waals surface area contributed by atoms with Crippen LogP contribution < -0.4 is 0 Å². The van der Waals surface area contributed by atoms with Gasteiger partial charge in [-0.25, -0.2) is 4.39 Å². The fourth-order valence-electron chi connectivity index (χ4n) is 1.90. The second kappa shape index (κ2) is 3.09. The third-order valence-corrected chi connectivity index (χ3v) is 2.89. The summed E-state index contributed by atoms with van der Waals surface area (Å²) < 4.78 is 14.1. The molecule has 2 rings (SSSR count). The van der Waals surface area contributed by atoms with Gasteiger partial charge in [0.05, 0.1) is 12.0 Å². The molecule has 0 spiro atoms. The zero-order chi connectivity index (χ0) is 10.2. The monoisotopic (exact) mass is 189 g/mol. The summed E-state index contributed by atoms with van der Waals surface area (Å²) in [6.07, 6.45) is 0.707. The highest BCUT2D eigenvalue weighted by Gasteiger charge is 2.46. The number of nitriles is 1. The van der Waals surface area contributed by atoms with Crippen LogP contribution in [0.4, 0.5) is 4.39 Å². The smallest absolute Gasteiger partial charge is 0.138 e. The van der Waals surface area contributed by atoms with E-state index in [2.05, 4.69) is 6.07 Å². The summed E-state index contributed by atoms with van der Waals surface area (Å²) >= 11 is 0. The SMILES string of the molecule is Cc1ccc(C2(F)CC(C#N)C2)cc1. The third kappa shape index (κ3) is 1.39. The summed E-state index contributed by atoms with van der Waals surface area (Å²) in [4.78, 5) is 0. The molecule has 1 nitrogen and oxygen atoms in total. The molecule has 1 fully saturated rings. The van der Waals surface area contributed by atoms with Crippen molar-refractivity contribution in [2.24, 2.45) is 5.92 Å². The maximum atomic E-state index is 14.1. The fourth-order valence-corrected chi connectivity index (χ4v) is 1.90. The Morgan fingerprint density at radius 1 is 1.36 bits per heavy atom. The van der Waals surface area contributed by atoms with E-state index < -0.39 is 5.67 Å². The van der Waals surface area contributed by atoms with E-state index in [1.165, 1.54) is 0 Å². The van der Waals surface area contributed by atoms with Gasteiger partial charge in [-0.05, 0) is 12.5 Å². The number of alkyl halides is 1. The van der Waals surface area contributed by atoms with E-state index >= 15 is 0 Å². The van der Waals surface area contributed by atoms with Crippen LogP contribution in [0, 0.1) is 24.2 Å². The topological polar surface area (TPSA) is 23.8 Å². The van der Waals surface area contributed by atoms with E-state index in [-0.39, 0.29) is 5.92 Å². The molecule has 1 aromatic carbocycles. The van der Waals surface area contributed by atoms with Gasteiger partial charge in [0.1, 0.15) is 5.67 Å². The first kappa shape index (κ1) is 9.21. The Bertz CT molecular complexity index is 368. The highest BCUT2D eigenvalue weighted by atomic mass is 19.1. The van der Waals surface area contributed by atoms with E-state index in [0.29, 0.717) is 12.8 Å². The third-order valence-electron chi connectivity index (χ3n) is 2.89. The van der Waals surface area contributed by atoms with Gasteiger partial charge in [0.15, 0.2) is 0 Å². The van der Waals surface area contributed by atoms with E-state index in [1.54, 1.807) is 0 Å². The summed E-state index contributed by atoms with van der Waals surface area (Å²) in [5, 5.41) is 8.59. The second-order valence-corrected chi connectivity index (χ2v) is 4.07. The lowest BCUT2D eigenvalue weighted by Gasteiger charge is -2.38. The minimum atomic E-state index is -1.24. The zero-order valence-corrected chi connectivity index (χ0v) is 8.13. The molecule has 0 N–H and O–H groups in total. The van der Waals surface area contributed by atoms with Crippen LogP contribution in [-0.2, 0) is 5.67 Å². The highest BCUT2D eigenvalue weighted by molar-refractivity contribution is 5.29. The molecular formula is C12H12FN. The Balaban J connectivity index is 2.18. The van der Waals surface area contributed by atoms with Crippen molar-refractivity contribution in [3.8, 4) is 6.07 Å². The van der Waals surface area contributed by atoms with Crippen molar-refractivity contribution in [2.45, 2.75) is 25.4 Å². The molecule has 1 saturated carbocycles. The molecule has 0 atom stereocenters. The number of nitrogens with zero attached hydrogens (tertiary/aromatic N) is 1. The first-order valence-electron chi connectivity index (χ1n) is 4.80. The molecule has 2 heteroatoms. The molecule has 14 heavy (non-hydrogen) atoms. The first-order chi connectivity index (χ1) is 6.64. The van der Waals surface area contributed by atoms with Crippen LogP contribution in [-0.4, -0.2) is 0 Å². The van der Waals surface area contributed by atoms with Crippen LogP contribution >= 0.6 is 0 Å². The fraction of sp³-hybridized carbons (Fsp3) is 0.417. The number of benzene rings is 1. The number of rotatable bonds is 1. The Hall–Kier alpha value is -1.36. The Labute approximate surface area is 83.2 Å². The van der Waals surface area contributed by atoms with Gasteiger partial charge in [-0.3, -0.25) is 0 Å². The van der Waals surface area contributed by atoms with E-state index in [4.69, 9.17) is 5.26 Å². The molecule has 0 unspecified atom stereocenters. The maximum absolute atomic E-state index is 14.1. The van der Waals surface area contributed by atoms with Crippen LogP contribution in [0.2, 0.25) is 0 Å². The lowest BCUT2D eigenvalue weighted by Crippen LogP contribution is -2.36. The largest absolute Gasteiger partial charge is 0.239 e. The van der Waals surface area contributed by atoms with Crippen molar-refractivity contribution in [2.75, 3.05) is 0 Å². The number of hydrogen-bond donors (Lipinski definition) is 0. The van der Waals surface area contributed by atoms with Crippen molar-refractivity contribution < 1.29 is 4.39 Å². The lowest BCUT2D eigenvalue weighted by molar-refractivity contribution is 0.0272. The number of halogens is 1. The molecule has 0 aromatic heterocycles. The second-order valence-electron chi connectivity index (χ2n) is 4.07. The molecule has 0 heterocycles. The van der Waals surface area contributed by atoms with E-state index in [9.17, 15) is 4.39 Å². The average molecular weight is 189 g/mol. The van der Waals surface area contributed by atoms with Crippen LogP contribution in [0.3, 0.4) is 0 Å². The zero-order valence-electron chi connectivity index (χ0n) is 8.13. The van der Waals surface area contributed by atoms with Gasteiger partial charge in [-0.1, -0.05) is 29.8 Å². The minimum Gasteiger partial charge on any atom is -0.239 e. The van der Waals surface area contributed by atoms with E-state index in [0.717, 1.165) is 11.1 Å². The predicted molar refractivity (Wildman–Crippen MR) is 52.3 cm³/mol. The van der Waals surface area contributed by atoms with E-state index in [1.807, 2.05) is 31.2 Å². The summed E-state index contributed by atoms with van der Waals surface area (Å²) in [7, 11) is 0. The molecular weight excluding hydrogens is 177 g/mol. The summed E-state index contributed by atoms with van der Waals surface area (Å²) in [6, 6.07) is 9.57. The molecule has 1 aliphatic carbocycles. The Morgan fingerprint density at radius 3 is 2.43 bits per heavy atom. The average Bonchev–Trinajstić information content (AvgIpc) is 2.14. The summed E-state index contributed by atoms with van der Waals surface area (Å²) in [5.74, 6) is -0.0960. The number of hydrogen-bond acceptors (Lipinski definition) is 1. The molecule has 0 radical (unpaired) electrons.